The van der Waals surface area contributed by atoms with Crippen LogP contribution in [0.5, 0.6) is 0 Å². The van der Waals surface area contributed by atoms with E-state index in [1.807, 2.05) is 0 Å². The van der Waals surface area contributed by atoms with Crippen molar-refractivity contribution in [2.45, 2.75) is 63.6 Å². The van der Waals surface area contributed by atoms with Crippen molar-refractivity contribution >= 4 is 30.5 Å². The van der Waals surface area contributed by atoms with Gasteiger partial charge in [-0.05, 0) is 12.5 Å². The van der Waals surface area contributed by atoms with E-state index >= 15 is 4.39 Å². The molecule has 6 atom stereocenters. The number of hydrogen-bond donors (Lipinski definition) is 1. The number of alkyl halides is 1. The first kappa shape index (κ1) is 22.9. The normalized spacial score (nSPS) is 39.1. The molecule has 13 heteroatoms. The molecule has 1 aromatic rings. The maximum Gasteiger partial charge on any atom is 0.476 e. The Morgan fingerprint density at radius 3 is 2.84 bits per heavy atom. The Bertz CT molecular complexity index is 1020. The second-order valence-electron chi connectivity index (χ2n) is 8.91. The van der Waals surface area contributed by atoms with Crippen molar-refractivity contribution in [2.24, 2.45) is 5.41 Å². The van der Waals surface area contributed by atoms with Crippen LogP contribution < -0.4 is 11.4 Å². The van der Waals surface area contributed by atoms with E-state index in [1.54, 1.807) is 27.7 Å². The standard InChI is InChI=1S/C18H25FN3O7PS/c1-5-17-8-26-30(25,27-9-31-14(23)16(2,3)4)29-13(17)18(19)11(12(18)28-17)22-7-6-10(20)21-15(22)24/h6-7,11-13H,5,8-9H2,1-4H3,(H2,20,21,24)/t11?,12-,13+,17+,18+,30?/m0/s1. The summed E-state index contributed by atoms with van der Waals surface area (Å²) < 4.78 is 52.3. The number of phosphoric acid groups is 1. The van der Waals surface area contributed by atoms with Gasteiger partial charge in [-0.2, -0.15) is 4.98 Å². The first-order valence-electron chi connectivity index (χ1n) is 9.82. The predicted octanol–water partition coefficient (Wildman–Crippen LogP) is 2.44. The maximum atomic E-state index is 16.1. The number of fused-ring (bicyclic) bond motifs is 3. The number of hydrogen-bond acceptors (Lipinski definition) is 10. The van der Waals surface area contributed by atoms with Gasteiger partial charge in [-0.3, -0.25) is 22.9 Å². The highest BCUT2D eigenvalue weighted by molar-refractivity contribution is 8.13. The molecule has 31 heavy (non-hydrogen) atoms. The molecule has 0 radical (unpaired) electrons. The smallest absolute Gasteiger partial charge is 0.383 e. The van der Waals surface area contributed by atoms with Gasteiger partial charge in [0, 0.05) is 11.6 Å². The molecule has 2 unspecified atom stereocenters. The quantitative estimate of drug-likeness (QED) is 0.498. The van der Waals surface area contributed by atoms with Crippen LogP contribution in [0.15, 0.2) is 17.1 Å². The average molecular weight is 477 g/mol. The molecule has 4 rings (SSSR count). The van der Waals surface area contributed by atoms with Gasteiger partial charge in [-0.15, -0.1) is 0 Å². The zero-order valence-corrected chi connectivity index (χ0v) is 19.3. The summed E-state index contributed by atoms with van der Waals surface area (Å²) in [6, 6.07) is 0.384. The predicted molar refractivity (Wildman–Crippen MR) is 110 cm³/mol. The molecule has 0 bridgehead atoms. The number of nitrogen functional groups attached to an aromatic ring is 1. The number of aromatic nitrogens is 2. The van der Waals surface area contributed by atoms with E-state index in [0.717, 1.165) is 16.3 Å². The number of carbonyl (C=O) groups excluding carboxylic acids is 1. The number of thioether (sulfide) groups is 1. The summed E-state index contributed by atoms with van der Waals surface area (Å²) in [5.74, 6) is -0.251. The molecule has 1 aliphatic carbocycles. The van der Waals surface area contributed by atoms with Gasteiger partial charge < -0.3 is 10.5 Å². The van der Waals surface area contributed by atoms with Gasteiger partial charge >= 0.3 is 13.5 Å². The molecule has 2 aliphatic heterocycles. The third kappa shape index (κ3) is 3.67. The minimum atomic E-state index is -4.15. The zero-order chi connectivity index (χ0) is 22.8. The number of rotatable bonds is 5. The molecule has 2 N–H and O–H groups in total. The molecule has 0 aromatic carbocycles. The van der Waals surface area contributed by atoms with Gasteiger partial charge in [0.05, 0.1) is 6.61 Å². The van der Waals surface area contributed by atoms with Gasteiger partial charge in [0.25, 0.3) is 0 Å². The first-order valence-corrected chi connectivity index (χ1v) is 12.3. The van der Waals surface area contributed by atoms with Crippen molar-refractivity contribution in [3.8, 4) is 0 Å². The van der Waals surface area contributed by atoms with Crippen molar-refractivity contribution in [2.75, 3.05) is 18.3 Å². The molecule has 3 fully saturated rings. The summed E-state index contributed by atoms with van der Waals surface area (Å²) in [5, 5.41) is -0.164. The largest absolute Gasteiger partial charge is 0.476 e. The Morgan fingerprint density at radius 1 is 1.52 bits per heavy atom. The third-order valence-corrected chi connectivity index (χ3v) is 8.42. The Hall–Kier alpha value is -1.30. The van der Waals surface area contributed by atoms with E-state index in [0.29, 0.717) is 6.42 Å². The van der Waals surface area contributed by atoms with Crippen LogP contribution >= 0.6 is 19.6 Å². The van der Waals surface area contributed by atoms with Gasteiger partial charge in [0.1, 0.15) is 35.6 Å². The van der Waals surface area contributed by atoms with Crippen LogP contribution in [0.1, 0.15) is 40.2 Å². The van der Waals surface area contributed by atoms with Crippen molar-refractivity contribution in [3.63, 3.8) is 0 Å². The highest BCUT2D eigenvalue weighted by Gasteiger charge is 2.85. The third-order valence-electron chi connectivity index (χ3n) is 5.77. The van der Waals surface area contributed by atoms with E-state index in [2.05, 4.69) is 4.98 Å². The fourth-order valence-corrected chi connectivity index (χ4v) is 6.39. The number of carbonyl (C=O) groups is 1. The maximum absolute atomic E-state index is 16.1. The topological polar surface area (TPSA) is 132 Å². The van der Waals surface area contributed by atoms with Crippen LogP contribution in [0.3, 0.4) is 0 Å². The summed E-state index contributed by atoms with van der Waals surface area (Å²) >= 11 is 0.833. The van der Waals surface area contributed by atoms with Crippen LogP contribution in [0.25, 0.3) is 0 Å². The molecule has 0 spiro atoms. The minimum absolute atomic E-state index is 0.0197. The SMILES string of the molecule is CC[C@@]12COP(=O)(OCSC(=O)C(C)(C)C)O[C@H]1[C@@]1(F)C(n3ccc(N)nc3=O)[C@@H]1O2. The van der Waals surface area contributed by atoms with Gasteiger partial charge in [-0.1, -0.05) is 39.5 Å². The lowest BCUT2D eigenvalue weighted by molar-refractivity contribution is -0.155. The molecule has 3 aliphatic rings. The molecule has 1 saturated carbocycles. The lowest BCUT2D eigenvalue weighted by Gasteiger charge is -2.42. The summed E-state index contributed by atoms with van der Waals surface area (Å²) in [6.45, 7) is 6.81. The second kappa shape index (κ2) is 7.36. The summed E-state index contributed by atoms with van der Waals surface area (Å²) in [5.41, 5.74) is 0.906. The van der Waals surface area contributed by atoms with Gasteiger partial charge in [-0.25, -0.2) is 13.8 Å². The lowest BCUT2D eigenvalue weighted by atomic mass is 9.91. The molecular weight excluding hydrogens is 452 g/mol. The van der Waals surface area contributed by atoms with E-state index in [9.17, 15) is 14.2 Å². The monoisotopic (exact) mass is 477 g/mol. The Balaban J connectivity index is 1.52. The Kier molecular flexibility index (Phi) is 5.43. The molecule has 3 heterocycles. The molecule has 10 nitrogen and oxygen atoms in total. The Morgan fingerprint density at radius 2 is 2.23 bits per heavy atom. The van der Waals surface area contributed by atoms with Crippen LogP contribution in [-0.2, 0) is 27.7 Å². The fourth-order valence-electron chi connectivity index (χ4n) is 3.94. The number of nitrogens with two attached hydrogens (primary N) is 1. The molecule has 0 amide bonds. The number of anilines is 1. The average Bonchev–Trinajstić information content (AvgIpc) is 3.16. The molecule has 1 aromatic heterocycles. The number of ether oxygens (including phenoxy) is 1. The van der Waals surface area contributed by atoms with Crippen molar-refractivity contribution in [1.82, 2.24) is 9.55 Å². The zero-order valence-electron chi connectivity index (χ0n) is 17.6. The van der Waals surface area contributed by atoms with Crippen molar-refractivity contribution < 1.29 is 32.1 Å². The van der Waals surface area contributed by atoms with Crippen molar-refractivity contribution in [3.05, 3.63) is 22.7 Å². The minimum Gasteiger partial charge on any atom is -0.383 e. The fraction of sp³-hybridized carbons (Fsp3) is 0.722. The van der Waals surface area contributed by atoms with Crippen LogP contribution in [0, 0.1) is 5.41 Å². The highest BCUT2D eigenvalue weighted by Crippen LogP contribution is 2.71. The van der Waals surface area contributed by atoms with E-state index in [-0.39, 0.29) is 23.5 Å². The van der Waals surface area contributed by atoms with E-state index in [1.165, 1.54) is 12.3 Å². The van der Waals surface area contributed by atoms with Crippen LogP contribution in [0.4, 0.5) is 10.2 Å². The van der Waals surface area contributed by atoms with Gasteiger partial charge in [0.15, 0.2) is 10.8 Å². The number of halogens is 1. The lowest BCUT2D eigenvalue weighted by Crippen LogP contribution is -2.54. The van der Waals surface area contributed by atoms with Crippen LogP contribution in [-0.4, -0.2) is 50.7 Å². The summed E-state index contributed by atoms with van der Waals surface area (Å²) in [7, 11) is -4.15. The van der Waals surface area contributed by atoms with Crippen molar-refractivity contribution in [1.29, 1.82) is 0 Å². The molecular formula is C18H25FN3O7PS. The number of nitrogens with zero attached hydrogens (tertiary/aromatic N) is 2. The molecule has 172 valence electrons. The molecule has 2 saturated heterocycles. The highest BCUT2D eigenvalue weighted by atomic mass is 32.2. The summed E-state index contributed by atoms with van der Waals surface area (Å²) in [4.78, 5) is 27.9. The van der Waals surface area contributed by atoms with Crippen LogP contribution in [0.2, 0.25) is 0 Å². The van der Waals surface area contributed by atoms with Gasteiger partial charge in [0.2, 0.25) is 0 Å². The van der Waals surface area contributed by atoms with E-state index in [4.69, 9.17) is 24.0 Å². The van der Waals surface area contributed by atoms with E-state index < -0.39 is 48.4 Å². The number of phosphoric ester groups is 1. The second-order valence-corrected chi connectivity index (χ2v) is 11.4. The Labute approximate surface area is 182 Å². The summed E-state index contributed by atoms with van der Waals surface area (Å²) in [6.07, 6.45) is -0.602. The first-order chi connectivity index (χ1) is 14.4.